The first-order chi connectivity index (χ1) is 9.97. The van der Waals surface area contributed by atoms with Gasteiger partial charge in [0.1, 0.15) is 5.82 Å². The Bertz CT molecular complexity index is 617. The number of carbonyl (C=O) groups excluding carboxylic acids is 1. The van der Waals surface area contributed by atoms with Crippen molar-refractivity contribution in [2.75, 3.05) is 6.54 Å². The van der Waals surface area contributed by atoms with Crippen LogP contribution in [0.5, 0.6) is 0 Å². The minimum absolute atomic E-state index is 0.181. The highest BCUT2D eigenvalue weighted by Gasteiger charge is 2.13. The van der Waals surface area contributed by atoms with Crippen molar-refractivity contribution >= 4 is 5.91 Å². The van der Waals surface area contributed by atoms with Gasteiger partial charge in [0.15, 0.2) is 5.69 Å². The van der Waals surface area contributed by atoms with E-state index < -0.39 is 0 Å². The molecule has 5 heteroatoms. The van der Waals surface area contributed by atoms with Crippen LogP contribution in [0.3, 0.4) is 0 Å². The van der Waals surface area contributed by atoms with E-state index in [1.165, 1.54) is 12.1 Å². The molecule has 1 aromatic carbocycles. The third kappa shape index (κ3) is 3.90. The molecule has 1 N–H and O–H groups in total. The number of benzene rings is 1. The molecule has 0 radical (unpaired) electrons. The fraction of sp³-hybridized carbons (Fsp3) is 0.375. The van der Waals surface area contributed by atoms with E-state index in [0.29, 0.717) is 18.2 Å². The van der Waals surface area contributed by atoms with Gasteiger partial charge in [0.2, 0.25) is 0 Å². The van der Waals surface area contributed by atoms with Crippen LogP contribution in [0.4, 0.5) is 4.39 Å². The number of aromatic nitrogens is 2. The van der Waals surface area contributed by atoms with Crippen molar-refractivity contribution in [3.8, 4) is 5.69 Å². The zero-order valence-electron chi connectivity index (χ0n) is 12.6. The van der Waals surface area contributed by atoms with Crippen molar-refractivity contribution in [1.29, 1.82) is 0 Å². The Balaban J connectivity index is 2.11. The molecule has 0 saturated carbocycles. The molecule has 21 heavy (non-hydrogen) atoms. The number of rotatable bonds is 5. The standard InChI is InChI=1S/C16H20FN3O/c1-11(2)8-9-18-16(21)15-10-12(3)20(19-15)14-6-4-13(17)5-7-14/h4-7,10-11H,8-9H2,1-3H3,(H,18,21). The summed E-state index contributed by atoms with van der Waals surface area (Å²) >= 11 is 0. The van der Waals surface area contributed by atoms with Crippen molar-refractivity contribution < 1.29 is 9.18 Å². The predicted octanol–water partition coefficient (Wildman–Crippen LogP) is 3.10. The van der Waals surface area contributed by atoms with Gasteiger partial charge in [0.25, 0.3) is 5.91 Å². The van der Waals surface area contributed by atoms with E-state index in [1.807, 2.05) is 6.92 Å². The van der Waals surface area contributed by atoms with Gasteiger partial charge in [-0.3, -0.25) is 4.79 Å². The Kier molecular flexibility index (Phi) is 4.73. The summed E-state index contributed by atoms with van der Waals surface area (Å²) in [5.41, 5.74) is 1.94. The number of hydrogen-bond donors (Lipinski definition) is 1. The van der Waals surface area contributed by atoms with Gasteiger partial charge in [-0.1, -0.05) is 13.8 Å². The number of aryl methyl sites for hydroxylation is 1. The molecular weight excluding hydrogens is 269 g/mol. The van der Waals surface area contributed by atoms with Crippen LogP contribution in [0.25, 0.3) is 5.69 Å². The molecule has 1 aromatic heterocycles. The third-order valence-corrected chi connectivity index (χ3v) is 3.20. The van der Waals surface area contributed by atoms with Crippen LogP contribution in [-0.2, 0) is 0 Å². The summed E-state index contributed by atoms with van der Waals surface area (Å²) in [6, 6.07) is 7.75. The smallest absolute Gasteiger partial charge is 0.271 e. The van der Waals surface area contributed by atoms with Gasteiger partial charge in [-0.05, 0) is 49.6 Å². The first-order valence-electron chi connectivity index (χ1n) is 7.08. The Morgan fingerprint density at radius 2 is 2.00 bits per heavy atom. The molecule has 0 saturated heterocycles. The molecule has 2 aromatic rings. The summed E-state index contributed by atoms with van der Waals surface area (Å²) < 4.78 is 14.6. The largest absolute Gasteiger partial charge is 0.351 e. The summed E-state index contributed by atoms with van der Waals surface area (Å²) in [7, 11) is 0. The van der Waals surface area contributed by atoms with E-state index in [9.17, 15) is 9.18 Å². The van der Waals surface area contributed by atoms with Crippen molar-refractivity contribution in [2.24, 2.45) is 5.92 Å². The van der Waals surface area contributed by atoms with Gasteiger partial charge >= 0.3 is 0 Å². The molecule has 0 aliphatic carbocycles. The van der Waals surface area contributed by atoms with E-state index in [1.54, 1.807) is 22.9 Å². The van der Waals surface area contributed by atoms with Crippen LogP contribution >= 0.6 is 0 Å². The Morgan fingerprint density at radius 3 is 2.62 bits per heavy atom. The molecule has 1 heterocycles. The third-order valence-electron chi connectivity index (χ3n) is 3.20. The Hall–Kier alpha value is -2.17. The number of nitrogens with zero attached hydrogens (tertiary/aromatic N) is 2. The molecule has 0 unspecified atom stereocenters. The maximum atomic E-state index is 12.9. The molecule has 112 valence electrons. The second-order valence-corrected chi connectivity index (χ2v) is 5.50. The molecular formula is C16H20FN3O. The van der Waals surface area contributed by atoms with E-state index >= 15 is 0 Å². The first kappa shape index (κ1) is 15.2. The normalized spacial score (nSPS) is 10.9. The maximum Gasteiger partial charge on any atom is 0.271 e. The highest BCUT2D eigenvalue weighted by atomic mass is 19.1. The molecule has 0 aliphatic rings. The molecule has 0 bridgehead atoms. The van der Waals surface area contributed by atoms with Crippen LogP contribution in [0.15, 0.2) is 30.3 Å². The summed E-state index contributed by atoms with van der Waals surface area (Å²) in [5, 5.41) is 7.15. The minimum atomic E-state index is -0.296. The molecule has 2 rings (SSSR count). The minimum Gasteiger partial charge on any atom is -0.351 e. The summed E-state index contributed by atoms with van der Waals surface area (Å²) in [4.78, 5) is 12.0. The van der Waals surface area contributed by atoms with Crippen molar-refractivity contribution in [3.05, 3.63) is 47.5 Å². The lowest BCUT2D eigenvalue weighted by Crippen LogP contribution is -2.25. The highest BCUT2D eigenvalue weighted by molar-refractivity contribution is 5.92. The van der Waals surface area contributed by atoms with Crippen molar-refractivity contribution in [1.82, 2.24) is 15.1 Å². The van der Waals surface area contributed by atoms with E-state index in [-0.39, 0.29) is 11.7 Å². The molecule has 4 nitrogen and oxygen atoms in total. The molecule has 0 spiro atoms. The lowest BCUT2D eigenvalue weighted by molar-refractivity contribution is 0.0946. The number of hydrogen-bond acceptors (Lipinski definition) is 2. The fourth-order valence-electron chi connectivity index (χ4n) is 1.99. The average Bonchev–Trinajstić information content (AvgIpc) is 2.81. The number of halogens is 1. The summed E-state index contributed by atoms with van der Waals surface area (Å²) in [5.74, 6) is 0.0682. The predicted molar refractivity (Wildman–Crippen MR) is 80.0 cm³/mol. The van der Waals surface area contributed by atoms with Gasteiger partial charge in [-0.2, -0.15) is 5.10 Å². The maximum absolute atomic E-state index is 12.9. The van der Waals surface area contributed by atoms with Gasteiger partial charge in [0, 0.05) is 12.2 Å². The van der Waals surface area contributed by atoms with Crippen LogP contribution < -0.4 is 5.32 Å². The van der Waals surface area contributed by atoms with Crippen molar-refractivity contribution in [3.63, 3.8) is 0 Å². The highest BCUT2D eigenvalue weighted by Crippen LogP contribution is 2.13. The van der Waals surface area contributed by atoms with Crippen LogP contribution in [0.1, 0.15) is 36.5 Å². The van der Waals surface area contributed by atoms with E-state index in [4.69, 9.17) is 0 Å². The SMILES string of the molecule is Cc1cc(C(=O)NCCC(C)C)nn1-c1ccc(F)cc1. The monoisotopic (exact) mass is 289 g/mol. The van der Waals surface area contributed by atoms with Crippen molar-refractivity contribution in [2.45, 2.75) is 27.2 Å². The number of amides is 1. The number of nitrogens with one attached hydrogen (secondary N) is 1. The van der Waals surface area contributed by atoms with Gasteiger partial charge in [-0.15, -0.1) is 0 Å². The second-order valence-electron chi connectivity index (χ2n) is 5.50. The molecule has 0 fully saturated rings. The lowest BCUT2D eigenvalue weighted by Gasteiger charge is -2.05. The molecule has 0 aliphatic heterocycles. The van der Waals surface area contributed by atoms with Crippen LogP contribution in [0.2, 0.25) is 0 Å². The fourth-order valence-corrected chi connectivity index (χ4v) is 1.99. The lowest BCUT2D eigenvalue weighted by atomic mass is 10.1. The van der Waals surface area contributed by atoms with Crippen LogP contribution in [-0.4, -0.2) is 22.2 Å². The Labute approximate surface area is 124 Å². The second kappa shape index (κ2) is 6.52. The summed E-state index contributed by atoms with van der Waals surface area (Å²) in [6.45, 7) is 6.72. The quantitative estimate of drug-likeness (QED) is 0.919. The van der Waals surface area contributed by atoms with Gasteiger partial charge in [0.05, 0.1) is 5.69 Å². The van der Waals surface area contributed by atoms with Crippen LogP contribution in [0, 0.1) is 18.7 Å². The average molecular weight is 289 g/mol. The molecule has 1 amide bonds. The van der Waals surface area contributed by atoms with E-state index in [2.05, 4.69) is 24.3 Å². The Morgan fingerprint density at radius 1 is 1.33 bits per heavy atom. The first-order valence-corrected chi connectivity index (χ1v) is 7.08. The zero-order chi connectivity index (χ0) is 15.4. The zero-order valence-corrected chi connectivity index (χ0v) is 12.6. The van der Waals surface area contributed by atoms with Gasteiger partial charge < -0.3 is 5.32 Å². The van der Waals surface area contributed by atoms with E-state index in [0.717, 1.165) is 17.8 Å². The number of carbonyl (C=O) groups is 1. The topological polar surface area (TPSA) is 46.9 Å². The van der Waals surface area contributed by atoms with Gasteiger partial charge in [-0.25, -0.2) is 9.07 Å². The summed E-state index contributed by atoms with van der Waals surface area (Å²) in [6.07, 6.45) is 0.934. The molecule has 0 atom stereocenters.